The summed E-state index contributed by atoms with van der Waals surface area (Å²) in [6.07, 6.45) is -3.12. The highest BCUT2D eigenvalue weighted by Gasteiger charge is 2.34. The summed E-state index contributed by atoms with van der Waals surface area (Å²) in [5, 5.41) is 66.4. The number of hydrogen-bond acceptors (Lipinski definition) is 12. The van der Waals surface area contributed by atoms with Crippen LogP contribution in [-0.2, 0) is 23.9 Å². The number of aliphatic hydroxyl groups is 1. The van der Waals surface area contributed by atoms with Crippen LogP contribution >= 0.6 is 0 Å². The number of nitrogens with one attached hydrogen (secondary N) is 4. The first-order valence-electron chi connectivity index (χ1n) is 12.4. The molecule has 0 aliphatic rings. The molecule has 0 aromatic heterocycles. The maximum atomic E-state index is 12.7. The van der Waals surface area contributed by atoms with Crippen LogP contribution in [0.25, 0.3) is 0 Å². The summed E-state index contributed by atoms with van der Waals surface area (Å²) < 4.78 is 5.04. The number of aliphatic carboxylic acids is 1. The van der Waals surface area contributed by atoms with Crippen LogP contribution in [0.4, 0.5) is 0 Å². The molecular weight excluding hydrogens is 576 g/mol. The highest BCUT2D eigenvalue weighted by Crippen LogP contribution is 2.28. The summed E-state index contributed by atoms with van der Waals surface area (Å²) in [5.41, 5.74) is -0.694. The summed E-state index contributed by atoms with van der Waals surface area (Å²) in [6.45, 7) is 0.712. The van der Waals surface area contributed by atoms with Crippen molar-refractivity contribution >= 4 is 35.6 Å². The summed E-state index contributed by atoms with van der Waals surface area (Å²) >= 11 is 0. The minimum absolute atomic E-state index is 0.341. The van der Waals surface area contributed by atoms with Gasteiger partial charge in [0.2, 0.25) is 11.8 Å². The first-order chi connectivity index (χ1) is 20.1. The normalized spacial score (nSPS) is 13.4. The number of carboxylic acids is 1. The van der Waals surface area contributed by atoms with Gasteiger partial charge < -0.3 is 56.6 Å². The van der Waals surface area contributed by atoms with Crippen molar-refractivity contribution in [2.24, 2.45) is 0 Å². The minimum Gasteiger partial charge on any atom is -0.504 e. The van der Waals surface area contributed by atoms with E-state index in [0.717, 1.165) is 32.0 Å². The fourth-order valence-corrected chi connectivity index (χ4v) is 3.47. The van der Waals surface area contributed by atoms with E-state index in [1.54, 1.807) is 0 Å². The standard InChI is InChI=1S/C26H30N4O13/c1-11(31)19(29-17(34)9-27-23(38)13-5-3-7-15(32)21(13)36)26(42)43-12(2)20(25(40)41)30-18(35)10-28-24(39)14-6-4-8-16(33)22(14)37/h3-8,11-12,19-20,31-33,36-37H,9-10H2,1-2H3,(H,27,38)(H,28,39)(H,29,34)(H,30,35)(H,40,41). The van der Waals surface area contributed by atoms with Gasteiger partial charge >= 0.3 is 11.9 Å². The number of esters is 1. The smallest absolute Gasteiger partial charge is 0.331 e. The van der Waals surface area contributed by atoms with Gasteiger partial charge in [0.25, 0.3) is 11.8 Å². The van der Waals surface area contributed by atoms with Crippen LogP contribution in [0.3, 0.4) is 0 Å². The molecule has 43 heavy (non-hydrogen) atoms. The Hall–Kier alpha value is -5.58. The molecule has 0 saturated heterocycles. The fourth-order valence-electron chi connectivity index (χ4n) is 3.47. The molecule has 232 valence electrons. The van der Waals surface area contributed by atoms with Gasteiger partial charge in [-0.1, -0.05) is 12.1 Å². The maximum absolute atomic E-state index is 12.7. The molecule has 0 heterocycles. The second-order valence-electron chi connectivity index (χ2n) is 9.02. The Morgan fingerprint density at radius 2 is 1.14 bits per heavy atom. The number of carboxylic acid groups (broad SMARTS) is 1. The highest BCUT2D eigenvalue weighted by atomic mass is 16.5. The molecule has 17 nitrogen and oxygen atoms in total. The third-order valence-corrected chi connectivity index (χ3v) is 5.74. The second-order valence-corrected chi connectivity index (χ2v) is 9.02. The zero-order chi connectivity index (χ0) is 32.4. The molecule has 2 rings (SSSR count). The van der Waals surface area contributed by atoms with E-state index in [1.807, 2.05) is 5.32 Å². The number of hydrogen-bond donors (Lipinski definition) is 10. The molecular formula is C26H30N4O13. The lowest BCUT2D eigenvalue weighted by Gasteiger charge is -2.26. The highest BCUT2D eigenvalue weighted by molar-refractivity contribution is 6.00. The van der Waals surface area contributed by atoms with E-state index in [0.29, 0.717) is 0 Å². The molecule has 2 aromatic rings. The quantitative estimate of drug-likeness (QED) is 0.0876. The number of carbonyl (C=O) groups excluding carboxylic acids is 5. The Labute approximate surface area is 243 Å². The summed E-state index contributed by atoms with van der Waals surface area (Å²) in [4.78, 5) is 73.4. The number of rotatable bonds is 13. The Kier molecular flexibility index (Phi) is 11.6. The Balaban J connectivity index is 1.95. The van der Waals surface area contributed by atoms with Gasteiger partial charge in [-0.05, 0) is 38.1 Å². The lowest BCUT2D eigenvalue weighted by Crippen LogP contribution is -2.55. The average Bonchev–Trinajstić information content (AvgIpc) is 2.94. The van der Waals surface area contributed by atoms with Crippen molar-refractivity contribution < 1.29 is 64.1 Å². The van der Waals surface area contributed by atoms with E-state index < -0.39 is 95.9 Å². The van der Waals surface area contributed by atoms with Gasteiger partial charge in [0.15, 0.2) is 35.1 Å². The van der Waals surface area contributed by atoms with Crippen molar-refractivity contribution in [3.63, 3.8) is 0 Å². The number of benzene rings is 2. The Morgan fingerprint density at radius 3 is 1.53 bits per heavy atom. The molecule has 4 unspecified atom stereocenters. The van der Waals surface area contributed by atoms with E-state index in [4.69, 9.17) is 4.74 Å². The van der Waals surface area contributed by atoms with Crippen LogP contribution in [0.2, 0.25) is 0 Å². The van der Waals surface area contributed by atoms with Crippen molar-refractivity contribution in [3.05, 3.63) is 47.5 Å². The predicted molar refractivity (Wildman–Crippen MR) is 143 cm³/mol. The topological polar surface area (TPSA) is 281 Å². The molecule has 2 aromatic carbocycles. The third-order valence-electron chi connectivity index (χ3n) is 5.74. The van der Waals surface area contributed by atoms with E-state index in [9.17, 15) is 59.4 Å². The number of amides is 4. The average molecular weight is 607 g/mol. The Bertz CT molecular complexity index is 1400. The lowest BCUT2D eigenvalue weighted by molar-refractivity contribution is -0.160. The SMILES string of the molecule is CC(O)C(NC(=O)CNC(=O)c1cccc(O)c1O)C(=O)OC(C)C(NC(=O)CNC(=O)c1cccc(O)c1O)C(=O)O. The minimum atomic E-state index is -1.85. The molecule has 4 atom stereocenters. The molecule has 4 amide bonds. The summed E-state index contributed by atoms with van der Waals surface area (Å²) in [5.74, 6) is -9.45. The molecule has 0 bridgehead atoms. The van der Waals surface area contributed by atoms with Gasteiger partial charge in [0.05, 0.1) is 30.3 Å². The number of phenols is 4. The Morgan fingerprint density at radius 1 is 0.721 bits per heavy atom. The number of aromatic hydroxyl groups is 4. The monoisotopic (exact) mass is 606 g/mol. The third kappa shape index (κ3) is 9.22. The van der Waals surface area contributed by atoms with E-state index in [-0.39, 0.29) is 11.1 Å². The zero-order valence-corrected chi connectivity index (χ0v) is 22.7. The van der Waals surface area contributed by atoms with Crippen LogP contribution < -0.4 is 21.3 Å². The van der Waals surface area contributed by atoms with Gasteiger partial charge in [-0.2, -0.15) is 0 Å². The van der Waals surface area contributed by atoms with Gasteiger partial charge in [-0.25, -0.2) is 9.59 Å². The second kappa shape index (κ2) is 14.9. The molecule has 0 radical (unpaired) electrons. The van der Waals surface area contributed by atoms with E-state index in [1.165, 1.54) is 18.2 Å². The van der Waals surface area contributed by atoms with Crippen molar-refractivity contribution in [2.75, 3.05) is 13.1 Å². The number of carbonyl (C=O) groups is 6. The zero-order valence-electron chi connectivity index (χ0n) is 22.7. The van der Waals surface area contributed by atoms with Crippen LogP contribution in [0.15, 0.2) is 36.4 Å². The van der Waals surface area contributed by atoms with Crippen molar-refractivity contribution in [1.82, 2.24) is 21.3 Å². The molecule has 0 aliphatic heterocycles. The first kappa shape index (κ1) is 33.6. The van der Waals surface area contributed by atoms with Crippen molar-refractivity contribution in [2.45, 2.75) is 38.1 Å². The summed E-state index contributed by atoms with van der Waals surface area (Å²) in [7, 11) is 0. The molecule has 10 N–H and O–H groups in total. The molecule has 0 saturated carbocycles. The van der Waals surface area contributed by atoms with Gasteiger partial charge in [-0.3, -0.25) is 19.2 Å². The molecule has 0 fully saturated rings. The number of aliphatic hydroxyl groups excluding tert-OH is 1. The number of phenolic OH excluding ortho intramolecular Hbond substituents is 4. The maximum Gasteiger partial charge on any atom is 0.331 e. The fraction of sp³-hybridized carbons (Fsp3) is 0.308. The molecule has 0 spiro atoms. The number of ether oxygens (including phenoxy) is 1. The van der Waals surface area contributed by atoms with Crippen LogP contribution in [0.1, 0.15) is 34.6 Å². The molecule has 0 aliphatic carbocycles. The number of para-hydroxylation sites is 2. The predicted octanol–water partition coefficient (Wildman–Crippen LogP) is -1.96. The van der Waals surface area contributed by atoms with Crippen LogP contribution in [0.5, 0.6) is 23.0 Å². The largest absolute Gasteiger partial charge is 0.504 e. The van der Waals surface area contributed by atoms with Crippen molar-refractivity contribution in [1.29, 1.82) is 0 Å². The van der Waals surface area contributed by atoms with E-state index >= 15 is 0 Å². The van der Waals surface area contributed by atoms with Gasteiger partial charge in [0.1, 0.15) is 6.10 Å². The van der Waals surface area contributed by atoms with Gasteiger partial charge in [-0.15, -0.1) is 0 Å². The van der Waals surface area contributed by atoms with Crippen LogP contribution in [0, 0.1) is 0 Å². The molecule has 17 heteroatoms. The van der Waals surface area contributed by atoms with Crippen molar-refractivity contribution in [3.8, 4) is 23.0 Å². The van der Waals surface area contributed by atoms with Crippen LogP contribution in [-0.4, -0.2) is 104 Å². The van der Waals surface area contributed by atoms with Gasteiger partial charge in [0, 0.05) is 0 Å². The summed E-state index contributed by atoms with van der Waals surface area (Å²) in [6, 6.07) is 3.54. The lowest BCUT2D eigenvalue weighted by atomic mass is 10.1. The first-order valence-corrected chi connectivity index (χ1v) is 12.4. The van der Waals surface area contributed by atoms with E-state index in [2.05, 4.69) is 16.0 Å².